The molecule has 1 saturated carbocycles. The van der Waals surface area contributed by atoms with Gasteiger partial charge in [0.05, 0.1) is 5.92 Å². The van der Waals surface area contributed by atoms with Gasteiger partial charge < -0.3 is 15.1 Å². The Morgan fingerprint density at radius 3 is 2.37 bits per heavy atom. The number of hydrogen-bond donors (Lipinski definition) is 1. The molecule has 2 heterocycles. The van der Waals surface area contributed by atoms with Crippen molar-refractivity contribution >= 4 is 11.8 Å². The lowest BCUT2D eigenvalue weighted by atomic mass is 9.94. The van der Waals surface area contributed by atoms with E-state index in [1.165, 1.54) is 12.8 Å². The molecular weight excluding hydrogens is 338 g/mol. The van der Waals surface area contributed by atoms with E-state index in [0.717, 1.165) is 57.8 Å². The maximum absolute atomic E-state index is 13.0. The van der Waals surface area contributed by atoms with Crippen molar-refractivity contribution in [2.24, 2.45) is 11.8 Å². The second-order valence-electron chi connectivity index (χ2n) is 8.41. The van der Waals surface area contributed by atoms with Crippen LogP contribution in [-0.2, 0) is 4.79 Å². The number of benzene rings is 1. The van der Waals surface area contributed by atoms with Crippen molar-refractivity contribution < 1.29 is 9.59 Å². The highest BCUT2D eigenvalue weighted by atomic mass is 16.2. The largest absolute Gasteiger partial charge is 0.342 e. The van der Waals surface area contributed by atoms with Gasteiger partial charge in [-0.1, -0.05) is 18.2 Å². The summed E-state index contributed by atoms with van der Waals surface area (Å²) in [4.78, 5) is 29.6. The van der Waals surface area contributed by atoms with Gasteiger partial charge in [-0.15, -0.1) is 0 Å². The van der Waals surface area contributed by atoms with E-state index in [1.807, 2.05) is 40.1 Å². The Hall–Kier alpha value is -1.88. The first kappa shape index (κ1) is 18.5. The van der Waals surface area contributed by atoms with Crippen LogP contribution in [0.1, 0.15) is 48.9 Å². The summed E-state index contributed by atoms with van der Waals surface area (Å²) in [5, 5.41) is 3.67. The molecule has 5 nitrogen and oxygen atoms in total. The Labute approximate surface area is 162 Å². The van der Waals surface area contributed by atoms with Crippen LogP contribution in [-0.4, -0.2) is 60.4 Å². The summed E-state index contributed by atoms with van der Waals surface area (Å²) in [6.07, 6.45) is 6.68. The van der Waals surface area contributed by atoms with Crippen LogP contribution >= 0.6 is 0 Å². The number of carbonyl (C=O) groups excluding carboxylic acids is 2. The molecule has 0 spiro atoms. The monoisotopic (exact) mass is 369 g/mol. The van der Waals surface area contributed by atoms with Gasteiger partial charge in [-0.2, -0.15) is 0 Å². The van der Waals surface area contributed by atoms with E-state index < -0.39 is 0 Å². The van der Waals surface area contributed by atoms with Crippen molar-refractivity contribution in [1.29, 1.82) is 0 Å². The van der Waals surface area contributed by atoms with Gasteiger partial charge >= 0.3 is 0 Å². The van der Waals surface area contributed by atoms with E-state index in [9.17, 15) is 9.59 Å². The van der Waals surface area contributed by atoms with Gasteiger partial charge in [0.1, 0.15) is 0 Å². The molecule has 1 atom stereocenters. The first-order valence-electron chi connectivity index (χ1n) is 10.6. The van der Waals surface area contributed by atoms with E-state index in [1.54, 1.807) is 0 Å². The van der Waals surface area contributed by atoms with Crippen molar-refractivity contribution in [3.8, 4) is 0 Å². The maximum Gasteiger partial charge on any atom is 0.253 e. The molecule has 5 heteroatoms. The summed E-state index contributed by atoms with van der Waals surface area (Å²) in [5.74, 6) is 1.17. The second kappa shape index (κ2) is 8.42. The summed E-state index contributed by atoms with van der Waals surface area (Å²) in [6, 6.07) is 9.97. The Balaban J connectivity index is 1.28. The number of piperidine rings is 2. The first-order valence-corrected chi connectivity index (χ1v) is 10.6. The molecule has 1 aromatic rings. The van der Waals surface area contributed by atoms with Crippen LogP contribution in [0.3, 0.4) is 0 Å². The number of amides is 2. The van der Waals surface area contributed by atoms with Crippen LogP contribution in [0.4, 0.5) is 0 Å². The molecule has 1 aromatic carbocycles. The van der Waals surface area contributed by atoms with Crippen molar-refractivity contribution in [3.05, 3.63) is 35.9 Å². The Kier molecular flexibility index (Phi) is 5.77. The number of likely N-dealkylation sites (tertiary alicyclic amines) is 2. The van der Waals surface area contributed by atoms with Crippen LogP contribution in [0.15, 0.2) is 30.3 Å². The zero-order chi connectivity index (χ0) is 18.6. The predicted octanol–water partition coefficient (Wildman–Crippen LogP) is 2.53. The smallest absolute Gasteiger partial charge is 0.253 e. The average Bonchev–Trinajstić information content (AvgIpc) is 3.57. The lowest BCUT2D eigenvalue weighted by Gasteiger charge is -2.38. The van der Waals surface area contributed by atoms with Crippen LogP contribution in [0.2, 0.25) is 0 Å². The van der Waals surface area contributed by atoms with E-state index in [-0.39, 0.29) is 17.7 Å². The molecule has 4 rings (SSSR count). The molecule has 3 aliphatic rings. The lowest BCUT2D eigenvalue weighted by Crippen LogP contribution is -2.50. The molecule has 0 bridgehead atoms. The number of carbonyl (C=O) groups is 2. The number of nitrogens with one attached hydrogen (secondary N) is 1. The normalized spacial score (nSPS) is 24.1. The van der Waals surface area contributed by atoms with Crippen molar-refractivity contribution in [1.82, 2.24) is 15.1 Å². The molecule has 2 saturated heterocycles. The molecule has 1 unspecified atom stereocenters. The highest BCUT2D eigenvalue weighted by molar-refractivity contribution is 5.94. The van der Waals surface area contributed by atoms with Gasteiger partial charge in [-0.25, -0.2) is 0 Å². The van der Waals surface area contributed by atoms with Crippen LogP contribution < -0.4 is 5.32 Å². The first-order chi connectivity index (χ1) is 13.2. The topological polar surface area (TPSA) is 52.7 Å². The van der Waals surface area contributed by atoms with Gasteiger partial charge in [0, 0.05) is 37.8 Å². The summed E-state index contributed by atoms with van der Waals surface area (Å²) >= 11 is 0. The van der Waals surface area contributed by atoms with Gasteiger partial charge in [0.2, 0.25) is 5.91 Å². The Bertz CT molecular complexity index is 651. The number of hydrogen-bond acceptors (Lipinski definition) is 3. The second-order valence-corrected chi connectivity index (χ2v) is 8.41. The minimum absolute atomic E-state index is 0.0395. The molecule has 2 aliphatic heterocycles. The van der Waals surface area contributed by atoms with E-state index in [2.05, 4.69) is 5.32 Å². The van der Waals surface area contributed by atoms with Crippen LogP contribution in [0.25, 0.3) is 0 Å². The van der Waals surface area contributed by atoms with Crippen molar-refractivity contribution in [2.75, 3.05) is 32.7 Å². The Morgan fingerprint density at radius 1 is 0.926 bits per heavy atom. The number of rotatable bonds is 5. The standard InChI is InChI=1S/C22H31N3O2/c26-21(18-5-2-1-3-6-18)25-12-4-7-19(16-25)22(27)24-13-10-20(11-14-24)23-15-17-8-9-17/h1-3,5-6,17,19-20,23H,4,7-16H2. The van der Waals surface area contributed by atoms with Gasteiger partial charge in [0.15, 0.2) is 0 Å². The SMILES string of the molecule is O=C(c1ccccc1)N1CCCC(C(=O)N2CCC(NCC3CC3)CC2)C1. The molecule has 0 radical (unpaired) electrons. The summed E-state index contributed by atoms with van der Waals surface area (Å²) in [6.45, 7) is 4.17. The lowest BCUT2D eigenvalue weighted by molar-refractivity contribution is -0.138. The average molecular weight is 370 g/mol. The molecule has 146 valence electrons. The van der Waals surface area contributed by atoms with Gasteiger partial charge in [-0.05, 0) is 63.1 Å². The van der Waals surface area contributed by atoms with E-state index in [0.29, 0.717) is 18.2 Å². The third-order valence-electron chi connectivity index (χ3n) is 6.28. The van der Waals surface area contributed by atoms with Crippen molar-refractivity contribution in [2.45, 2.75) is 44.6 Å². The molecule has 1 N–H and O–H groups in total. The third kappa shape index (κ3) is 4.70. The molecule has 1 aliphatic carbocycles. The van der Waals surface area contributed by atoms with Gasteiger partial charge in [-0.3, -0.25) is 9.59 Å². The minimum Gasteiger partial charge on any atom is -0.342 e. The number of nitrogens with zero attached hydrogens (tertiary/aromatic N) is 2. The fourth-order valence-corrected chi connectivity index (χ4v) is 4.34. The summed E-state index contributed by atoms with van der Waals surface area (Å²) in [7, 11) is 0. The fraction of sp³-hybridized carbons (Fsp3) is 0.636. The molecule has 0 aromatic heterocycles. The summed E-state index contributed by atoms with van der Waals surface area (Å²) < 4.78 is 0. The zero-order valence-electron chi connectivity index (χ0n) is 16.1. The fourth-order valence-electron chi connectivity index (χ4n) is 4.34. The summed E-state index contributed by atoms with van der Waals surface area (Å²) in [5.41, 5.74) is 0.716. The van der Waals surface area contributed by atoms with E-state index >= 15 is 0 Å². The molecule has 3 fully saturated rings. The highest BCUT2D eigenvalue weighted by Gasteiger charge is 2.33. The molecule has 27 heavy (non-hydrogen) atoms. The molecule has 2 amide bonds. The minimum atomic E-state index is -0.0395. The van der Waals surface area contributed by atoms with Crippen LogP contribution in [0.5, 0.6) is 0 Å². The van der Waals surface area contributed by atoms with Gasteiger partial charge in [0.25, 0.3) is 5.91 Å². The Morgan fingerprint density at radius 2 is 1.67 bits per heavy atom. The highest BCUT2D eigenvalue weighted by Crippen LogP contribution is 2.28. The van der Waals surface area contributed by atoms with E-state index in [4.69, 9.17) is 0 Å². The predicted molar refractivity (Wildman–Crippen MR) is 105 cm³/mol. The zero-order valence-corrected chi connectivity index (χ0v) is 16.1. The van der Waals surface area contributed by atoms with Crippen LogP contribution in [0, 0.1) is 11.8 Å². The molecular formula is C22H31N3O2. The maximum atomic E-state index is 13.0. The quantitative estimate of drug-likeness (QED) is 0.868. The third-order valence-corrected chi connectivity index (χ3v) is 6.28. The van der Waals surface area contributed by atoms with Crippen molar-refractivity contribution in [3.63, 3.8) is 0 Å².